The Morgan fingerprint density at radius 2 is 1.68 bits per heavy atom. The van der Waals surface area contributed by atoms with Gasteiger partial charge in [0.05, 0.1) is 31.4 Å². The quantitative estimate of drug-likeness (QED) is 0.750. The number of likely N-dealkylation sites (N-methyl/N-ethyl adjacent to an activating group) is 1. The van der Waals surface area contributed by atoms with E-state index in [1.807, 2.05) is 0 Å². The summed E-state index contributed by atoms with van der Waals surface area (Å²) in [5.41, 5.74) is 0.506. The molecule has 0 atom stereocenters. The third kappa shape index (κ3) is 3.91. The average molecular weight is 327 g/mol. The topological polar surface area (TPSA) is 42.0 Å². The van der Waals surface area contributed by atoms with Gasteiger partial charge in [0, 0.05) is 32.2 Å². The van der Waals surface area contributed by atoms with Crippen LogP contribution in [0.15, 0.2) is 12.1 Å². The Kier molecular flexibility index (Phi) is 6.06. The van der Waals surface area contributed by atoms with Crippen molar-refractivity contribution in [2.45, 2.75) is 6.92 Å². The highest BCUT2D eigenvalue weighted by Gasteiger charge is 2.21. The van der Waals surface area contributed by atoms with Crippen LogP contribution in [0.4, 0.5) is 0 Å². The van der Waals surface area contributed by atoms with Crippen LogP contribution in [0.25, 0.3) is 0 Å². The van der Waals surface area contributed by atoms with Crippen LogP contribution in [0.5, 0.6) is 11.5 Å². The van der Waals surface area contributed by atoms with Crippen molar-refractivity contribution in [3.05, 3.63) is 22.7 Å². The first-order chi connectivity index (χ1) is 10.6. The van der Waals surface area contributed by atoms with Gasteiger partial charge in [0.2, 0.25) is 0 Å². The van der Waals surface area contributed by atoms with Crippen LogP contribution in [0.2, 0.25) is 5.02 Å². The Hall–Kier alpha value is -1.30. The monoisotopic (exact) mass is 326 g/mol. The smallest absolute Gasteiger partial charge is 0.180 e. The molecule has 1 heterocycles. The van der Waals surface area contributed by atoms with Crippen LogP contribution in [0, 0.1) is 0 Å². The van der Waals surface area contributed by atoms with Crippen LogP contribution < -0.4 is 9.47 Å². The summed E-state index contributed by atoms with van der Waals surface area (Å²) in [5.74, 6) is 1.02. The summed E-state index contributed by atoms with van der Waals surface area (Å²) < 4.78 is 10.5. The lowest BCUT2D eigenvalue weighted by Gasteiger charge is -2.33. The molecule has 22 heavy (non-hydrogen) atoms. The molecule has 122 valence electrons. The number of piperazine rings is 1. The van der Waals surface area contributed by atoms with E-state index in [1.165, 1.54) is 7.11 Å². The van der Waals surface area contributed by atoms with E-state index in [0.717, 1.165) is 32.7 Å². The van der Waals surface area contributed by atoms with Crippen molar-refractivity contribution in [3.8, 4) is 11.5 Å². The molecule has 0 bridgehead atoms. The number of carbonyl (C=O) groups excluding carboxylic acids is 1. The van der Waals surface area contributed by atoms with Gasteiger partial charge >= 0.3 is 0 Å². The molecule has 1 fully saturated rings. The van der Waals surface area contributed by atoms with E-state index in [2.05, 4.69) is 16.7 Å². The summed E-state index contributed by atoms with van der Waals surface area (Å²) >= 11 is 6.13. The Bertz CT molecular complexity index is 528. The number of halogens is 1. The molecule has 0 radical (unpaired) electrons. The van der Waals surface area contributed by atoms with Gasteiger partial charge in [0.25, 0.3) is 0 Å². The summed E-state index contributed by atoms with van der Waals surface area (Å²) in [6.07, 6.45) is 0. The van der Waals surface area contributed by atoms with Gasteiger partial charge < -0.3 is 14.4 Å². The number of hydrogen-bond donors (Lipinski definition) is 0. The number of ketones is 1. The number of benzene rings is 1. The molecule has 1 aliphatic heterocycles. The third-order valence-corrected chi connectivity index (χ3v) is 4.35. The van der Waals surface area contributed by atoms with E-state index in [1.54, 1.807) is 19.2 Å². The number of hydrogen-bond acceptors (Lipinski definition) is 5. The first-order valence-corrected chi connectivity index (χ1v) is 7.86. The van der Waals surface area contributed by atoms with Crippen molar-refractivity contribution in [3.63, 3.8) is 0 Å². The highest BCUT2D eigenvalue weighted by Crippen LogP contribution is 2.32. The maximum absolute atomic E-state index is 12.6. The van der Waals surface area contributed by atoms with Crippen LogP contribution in [-0.2, 0) is 0 Å². The van der Waals surface area contributed by atoms with Gasteiger partial charge in [0.15, 0.2) is 5.78 Å². The second kappa shape index (κ2) is 7.81. The number of ether oxygens (including phenoxy) is 2. The molecule has 6 heteroatoms. The fourth-order valence-electron chi connectivity index (χ4n) is 2.63. The van der Waals surface area contributed by atoms with E-state index in [0.29, 0.717) is 28.6 Å². The maximum Gasteiger partial charge on any atom is 0.180 e. The predicted molar refractivity (Wildman–Crippen MR) is 87.4 cm³/mol. The molecule has 1 saturated heterocycles. The molecule has 2 rings (SSSR count). The van der Waals surface area contributed by atoms with Gasteiger partial charge in [-0.3, -0.25) is 9.69 Å². The van der Waals surface area contributed by atoms with Crippen molar-refractivity contribution >= 4 is 17.4 Å². The molecule has 1 aliphatic rings. The lowest BCUT2D eigenvalue weighted by atomic mass is 10.1. The van der Waals surface area contributed by atoms with Crippen LogP contribution >= 0.6 is 11.6 Å². The zero-order chi connectivity index (χ0) is 16.1. The molecule has 0 aromatic heterocycles. The van der Waals surface area contributed by atoms with Crippen molar-refractivity contribution in [1.82, 2.24) is 9.80 Å². The molecule has 0 unspecified atom stereocenters. The van der Waals surface area contributed by atoms with Crippen molar-refractivity contribution in [2.24, 2.45) is 0 Å². The Morgan fingerprint density at radius 3 is 2.23 bits per heavy atom. The van der Waals surface area contributed by atoms with Crippen LogP contribution in [0.3, 0.4) is 0 Å². The predicted octanol–water partition coefficient (Wildman–Crippen LogP) is 2.18. The SMILES string of the molecule is CCN1CCN(CC(=O)c2cc(Cl)c(OC)cc2OC)CC1. The van der Waals surface area contributed by atoms with Gasteiger partial charge in [-0.25, -0.2) is 0 Å². The van der Waals surface area contributed by atoms with E-state index >= 15 is 0 Å². The highest BCUT2D eigenvalue weighted by atomic mass is 35.5. The van der Waals surface area contributed by atoms with Crippen molar-refractivity contribution in [2.75, 3.05) is 53.5 Å². The Balaban J connectivity index is 2.08. The zero-order valence-corrected chi connectivity index (χ0v) is 14.2. The summed E-state index contributed by atoms with van der Waals surface area (Å²) in [4.78, 5) is 17.1. The first kappa shape index (κ1) is 17.1. The Labute approximate surface area is 136 Å². The third-order valence-electron chi connectivity index (χ3n) is 4.05. The minimum Gasteiger partial charge on any atom is -0.496 e. The fraction of sp³-hybridized carbons (Fsp3) is 0.562. The fourth-order valence-corrected chi connectivity index (χ4v) is 2.87. The van der Waals surface area contributed by atoms with Gasteiger partial charge in [-0.05, 0) is 12.6 Å². The van der Waals surface area contributed by atoms with E-state index in [4.69, 9.17) is 21.1 Å². The standard InChI is InChI=1S/C16H23ClN2O3/c1-4-18-5-7-19(8-6-18)11-14(20)12-9-13(17)16(22-3)10-15(12)21-2/h9-10H,4-8,11H2,1-3H3. The molecule has 0 amide bonds. The number of rotatable bonds is 6. The molecule has 0 aliphatic carbocycles. The Morgan fingerprint density at radius 1 is 1.09 bits per heavy atom. The van der Waals surface area contributed by atoms with Gasteiger partial charge in [0.1, 0.15) is 11.5 Å². The van der Waals surface area contributed by atoms with Crippen LogP contribution in [0.1, 0.15) is 17.3 Å². The number of Topliss-reactive ketones (excluding diaryl/α,β-unsaturated/α-hetero) is 1. The minimum atomic E-state index is 0.0198. The van der Waals surface area contributed by atoms with Crippen molar-refractivity contribution in [1.29, 1.82) is 0 Å². The first-order valence-electron chi connectivity index (χ1n) is 7.48. The van der Waals surface area contributed by atoms with E-state index in [-0.39, 0.29) is 5.78 Å². The molecular weight excluding hydrogens is 304 g/mol. The molecular formula is C16H23ClN2O3. The molecule has 1 aromatic carbocycles. The molecule has 1 aromatic rings. The van der Waals surface area contributed by atoms with Gasteiger partial charge in [-0.2, -0.15) is 0 Å². The van der Waals surface area contributed by atoms with E-state index in [9.17, 15) is 4.79 Å². The zero-order valence-electron chi connectivity index (χ0n) is 13.4. The van der Waals surface area contributed by atoms with E-state index < -0.39 is 0 Å². The molecule has 5 nitrogen and oxygen atoms in total. The van der Waals surface area contributed by atoms with Gasteiger partial charge in [-0.15, -0.1) is 0 Å². The lowest BCUT2D eigenvalue weighted by molar-refractivity contribution is 0.0856. The molecule has 0 saturated carbocycles. The minimum absolute atomic E-state index is 0.0198. The molecule has 0 N–H and O–H groups in total. The average Bonchev–Trinajstić information content (AvgIpc) is 2.55. The second-order valence-electron chi connectivity index (χ2n) is 5.32. The summed E-state index contributed by atoms with van der Waals surface area (Å²) in [6.45, 7) is 7.43. The number of carbonyl (C=O) groups is 1. The maximum atomic E-state index is 12.6. The van der Waals surface area contributed by atoms with Crippen molar-refractivity contribution < 1.29 is 14.3 Å². The lowest BCUT2D eigenvalue weighted by Crippen LogP contribution is -2.47. The summed E-state index contributed by atoms with van der Waals surface area (Å²) in [5, 5.41) is 0.419. The largest absolute Gasteiger partial charge is 0.496 e. The van der Waals surface area contributed by atoms with Crippen LogP contribution in [-0.4, -0.2) is 69.1 Å². The number of nitrogens with zero attached hydrogens (tertiary/aromatic N) is 2. The summed E-state index contributed by atoms with van der Waals surface area (Å²) in [6, 6.07) is 3.29. The highest BCUT2D eigenvalue weighted by molar-refractivity contribution is 6.32. The molecule has 0 spiro atoms. The number of methoxy groups -OCH3 is 2. The summed E-state index contributed by atoms with van der Waals surface area (Å²) in [7, 11) is 3.08. The second-order valence-corrected chi connectivity index (χ2v) is 5.73. The van der Waals surface area contributed by atoms with Gasteiger partial charge in [-0.1, -0.05) is 18.5 Å². The normalized spacial score (nSPS) is 16.5.